The van der Waals surface area contributed by atoms with Crippen molar-refractivity contribution >= 4 is 11.6 Å². The van der Waals surface area contributed by atoms with Gasteiger partial charge in [-0.2, -0.15) is 10.4 Å². The molecule has 0 fully saturated rings. The number of rotatable bonds is 2. The maximum atomic E-state index is 11.6. The molecule has 6 nitrogen and oxygen atoms in total. The van der Waals surface area contributed by atoms with Crippen molar-refractivity contribution in [2.24, 2.45) is 0 Å². The largest absolute Gasteiger partial charge is 0.462 e. The molecule has 0 radical (unpaired) electrons. The predicted molar refractivity (Wildman–Crippen MR) is 58.4 cm³/mol. The van der Waals surface area contributed by atoms with Gasteiger partial charge in [0.25, 0.3) is 0 Å². The van der Waals surface area contributed by atoms with Gasteiger partial charge in [-0.3, -0.25) is 0 Å². The van der Waals surface area contributed by atoms with Crippen molar-refractivity contribution in [3.8, 4) is 6.07 Å². The summed E-state index contributed by atoms with van der Waals surface area (Å²) in [6.45, 7) is 3.77. The third-order valence-electron chi connectivity index (χ3n) is 2.38. The van der Waals surface area contributed by atoms with E-state index in [0.29, 0.717) is 29.1 Å². The summed E-state index contributed by atoms with van der Waals surface area (Å²) in [7, 11) is 0. The molecule has 86 valence electrons. The molecule has 2 heterocycles. The van der Waals surface area contributed by atoms with Crippen LogP contribution in [0.25, 0.3) is 5.65 Å². The minimum atomic E-state index is -0.437. The van der Waals surface area contributed by atoms with Crippen LogP contribution >= 0.6 is 0 Å². The van der Waals surface area contributed by atoms with Crippen molar-refractivity contribution in [2.75, 3.05) is 6.61 Å². The molecule has 0 atom stereocenters. The molecule has 0 spiro atoms. The number of esters is 1. The Kier molecular flexibility index (Phi) is 2.75. The number of carbonyl (C=O) groups is 1. The zero-order valence-corrected chi connectivity index (χ0v) is 9.47. The number of ether oxygens (including phenoxy) is 1. The Morgan fingerprint density at radius 3 is 3.00 bits per heavy atom. The summed E-state index contributed by atoms with van der Waals surface area (Å²) in [6, 6.07) is 1.99. The molecule has 0 saturated heterocycles. The van der Waals surface area contributed by atoms with Gasteiger partial charge in [0.1, 0.15) is 11.6 Å². The zero-order valence-electron chi connectivity index (χ0n) is 9.47. The molecule has 0 aromatic carbocycles. The van der Waals surface area contributed by atoms with Crippen molar-refractivity contribution < 1.29 is 9.53 Å². The SMILES string of the molecule is CCOC(=O)c1cnc2c(C#N)cnn2c1C. The maximum absolute atomic E-state index is 11.6. The monoisotopic (exact) mass is 230 g/mol. The highest BCUT2D eigenvalue weighted by Crippen LogP contribution is 2.13. The van der Waals surface area contributed by atoms with Crippen LogP contribution in [0.15, 0.2) is 12.4 Å². The number of hydrogen-bond donors (Lipinski definition) is 0. The normalized spacial score (nSPS) is 10.2. The highest BCUT2D eigenvalue weighted by Gasteiger charge is 2.15. The summed E-state index contributed by atoms with van der Waals surface area (Å²) in [5.74, 6) is -0.437. The van der Waals surface area contributed by atoms with Crippen LogP contribution in [-0.2, 0) is 4.74 Å². The lowest BCUT2D eigenvalue weighted by Crippen LogP contribution is -2.11. The first kappa shape index (κ1) is 11.1. The summed E-state index contributed by atoms with van der Waals surface area (Å²) in [5.41, 5.74) is 1.78. The Bertz CT molecular complexity index is 624. The number of fused-ring (bicyclic) bond motifs is 1. The second-order valence-corrected chi connectivity index (χ2v) is 3.38. The maximum Gasteiger partial charge on any atom is 0.341 e. The van der Waals surface area contributed by atoms with Gasteiger partial charge >= 0.3 is 5.97 Å². The molecule has 2 aromatic rings. The Morgan fingerprint density at radius 2 is 2.35 bits per heavy atom. The molecule has 0 bridgehead atoms. The number of hydrogen-bond acceptors (Lipinski definition) is 5. The van der Waals surface area contributed by atoms with Crippen molar-refractivity contribution in [3.05, 3.63) is 29.2 Å². The lowest BCUT2D eigenvalue weighted by Gasteiger charge is -2.06. The third kappa shape index (κ3) is 1.72. The van der Waals surface area contributed by atoms with Crippen LogP contribution in [0, 0.1) is 18.3 Å². The van der Waals surface area contributed by atoms with Gasteiger partial charge in [-0.25, -0.2) is 14.3 Å². The molecule has 0 N–H and O–H groups in total. The Hall–Kier alpha value is -2.42. The van der Waals surface area contributed by atoms with E-state index in [1.54, 1.807) is 13.8 Å². The van der Waals surface area contributed by atoms with Crippen molar-refractivity contribution in [2.45, 2.75) is 13.8 Å². The lowest BCUT2D eigenvalue weighted by atomic mass is 10.2. The van der Waals surface area contributed by atoms with Gasteiger partial charge in [0.15, 0.2) is 5.65 Å². The molecular formula is C11H10N4O2. The van der Waals surface area contributed by atoms with Crippen molar-refractivity contribution in [3.63, 3.8) is 0 Å². The first-order valence-electron chi connectivity index (χ1n) is 5.09. The van der Waals surface area contributed by atoms with E-state index in [1.807, 2.05) is 6.07 Å². The van der Waals surface area contributed by atoms with Gasteiger partial charge in [0.05, 0.1) is 24.1 Å². The molecular weight excluding hydrogens is 220 g/mol. The average Bonchev–Trinajstić information content (AvgIpc) is 2.73. The molecule has 0 aliphatic rings. The Labute approximate surface area is 97.4 Å². The number of aryl methyl sites for hydroxylation is 1. The summed E-state index contributed by atoms with van der Waals surface area (Å²) in [6.07, 6.45) is 2.83. The number of aromatic nitrogens is 3. The molecule has 0 aliphatic heterocycles. The number of carbonyl (C=O) groups excluding carboxylic acids is 1. The van der Waals surface area contributed by atoms with Gasteiger partial charge in [0, 0.05) is 6.20 Å². The molecule has 0 amide bonds. The van der Waals surface area contributed by atoms with E-state index in [9.17, 15) is 4.79 Å². The van der Waals surface area contributed by atoms with Crippen LogP contribution in [-0.4, -0.2) is 27.2 Å². The van der Waals surface area contributed by atoms with Crippen LogP contribution in [0.5, 0.6) is 0 Å². The fraction of sp³-hybridized carbons (Fsp3) is 0.273. The molecule has 6 heteroatoms. The molecule has 0 saturated carbocycles. The second kappa shape index (κ2) is 4.22. The molecule has 2 aromatic heterocycles. The molecule has 0 unspecified atom stereocenters. The minimum Gasteiger partial charge on any atom is -0.462 e. The van der Waals surface area contributed by atoms with Gasteiger partial charge in [0.2, 0.25) is 0 Å². The van der Waals surface area contributed by atoms with E-state index >= 15 is 0 Å². The molecule has 2 rings (SSSR count). The topological polar surface area (TPSA) is 80.3 Å². The summed E-state index contributed by atoms with van der Waals surface area (Å²) in [5, 5.41) is 12.9. The number of nitriles is 1. The van der Waals surface area contributed by atoms with E-state index in [4.69, 9.17) is 10.00 Å². The highest BCUT2D eigenvalue weighted by molar-refractivity contribution is 5.90. The van der Waals surface area contributed by atoms with Crippen LogP contribution in [0.1, 0.15) is 28.5 Å². The quantitative estimate of drug-likeness (QED) is 0.721. The summed E-state index contributed by atoms with van der Waals surface area (Å²) >= 11 is 0. The van der Waals surface area contributed by atoms with E-state index in [0.717, 1.165) is 0 Å². The fourth-order valence-electron chi connectivity index (χ4n) is 1.53. The minimum absolute atomic E-state index is 0.304. The van der Waals surface area contributed by atoms with Crippen LogP contribution in [0.4, 0.5) is 0 Å². The standard InChI is InChI=1S/C11H10N4O2/c1-3-17-11(16)9-6-13-10-8(4-12)5-14-15(10)7(9)2/h5-6H,3H2,1-2H3. The van der Waals surface area contributed by atoms with E-state index in [2.05, 4.69) is 10.1 Å². The summed E-state index contributed by atoms with van der Waals surface area (Å²) < 4.78 is 6.37. The summed E-state index contributed by atoms with van der Waals surface area (Å²) in [4.78, 5) is 15.7. The van der Waals surface area contributed by atoms with E-state index in [-0.39, 0.29) is 0 Å². The zero-order chi connectivity index (χ0) is 12.4. The Balaban J connectivity index is 2.59. The fourth-order valence-corrected chi connectivity index (χ4v) is 1.53. The number of nitrogens with zero attached hydrogens (tertiary/aromatic N) is 4. The van der Waals surface area contributed by atoms with E-state index < -0.39 is 5.97 Å². The first-order valence-corrected chi connectivity index (χ1v) is 5.09. The van der Waals surface area contributed by atoms with Crippen LogP contribution in [0.2, 0.25) is 0 Å². The molecule has 0 aliphatic carbocycles. The first-order chi connectivity index (χ1) is 8.19. The van der Waals surface area contributed by atoms with Gasteiger partial charge in [-0.1, -0.05) is 0 Å². The van der Waals surface area contributed by atoms with E-state index in [1.165, 1.54) is 16.9 Å². The smallest absolute Gasteiger partial charge is 0.341 e. The van der Waals surface area contributed by atoms with Crippen molar-refractivity contribution in [1.82, 2.24) is 14.6 Å². The third-order valence-corrected chi connectivity index (χ3v) is 2.38. The van der Waals surface area contributed by atoms with Gasteiger partial charge < -0.3 is 4.74 Å². The highest BCUT2D eigenvalue weighted by atomic mass is 16.5. The van der Waals surface area contributed by atoms with Crippen LogP contribution in [0.3, 0.4) is 0 Å². The van der Waals surface area contributed by atoms with Gasteiger partial charge in [-0.15, -0.1) is 0 Å². The van der Waals surface area contributed by atoms with Crippen molar-refractivity contribution in [1.29, 1.82) is 5.26 Å². The molecule has 17 heavy (non-hydrogen) atoms. The van der Waals surface area contributed by atoms with Gasteiger partial charge in [-0.05, 0) is 13.8 Å². The Morgan fingerprint density at radius 1 is 1.59 bits per heavy atom. The lowest BCUT2D eigenvalue weighted by molar-refractivity contribution is 0.0524. The second-order valence-electron chi connectivity index (χ2n) is 3.38. The predicted octanol–water partition coefficient (Wildman–Crippen LogP) is 1.09. The average molecular weight is 230 g/mol. The van der Waals surface area contributed by atoms with Crippen LogP contribution < -0.4 is 0 Å².